The maximum atomic E-state index is 9.41. The summed E-state index contributed by atoms with van der Waals surface area (Å²) in [6.45, 7) is 6.08. The Kier molecular flexibility index (Phi) is 6.61. The van der Waals surface area contributed by atoms with Crippen LogP contribution in [0.25, 0.3) is 21.9 Å². The van der Waals surface area contributed by atoms with E-state index in [0.717, 1.165) is 59.4 Å². The Hall–Kier alpha value is -2.34. The molecule has 32 heavy (non-hydrogen) atoms. The Bertz CT molecular complexity index is 1150. The molecule has 0 spiro atoms. The van der Waals surface area contributed by atoms with Crippen LogP contribution >= 0.6 is 10.0 Å². The van der Waals surface area contributed by atoms with E-state index in [4.69, 9.17) is 9.47 Å². The zero-order valence-corrected chi connectivity index (χ0v) is 20.3. The van der Waals surface area contributed by atoms with E-state index in [1.807, 2.05) is 16.7 Å². The van der Waals surface area contributed by atoms with E-state index >= 15 is 0 Å². The van der Waals surface area contributed by atoms with Crippen molar-refractivity contribution in [3.05, 3.63) is 30.2 Å². The monoisotopic (exact) mass is 457 g/mol. The van der Waals surface area contributed by atoms with Gasteiger partial charge in [0.1, 0.15) is 29.9 Å². The van der Waals surface area contributed by atoms with E-state index in [2.05, 4.69) is 47.0 Å². The first-order chi connectivity index (χ1) is 15.3. The van der Waals surface area contributed by atoms with Crippen LogP contribution in [0, 0.1) is 16.7 Å². The van der Waals surface area contributed by atoms with Crippen molar-refractivity contribution in [2.75, 3.05) is 50.8 Å². The topological polar surface area (TPSA) is 85.0 Å². The van der Waals surface area contributed by atoms with Crippen LogP contribution < -0.4 is 10.1 Å². The minimum atomic E-state index is -0.613. The number of fused-ring (bicyclic) bond motifs is 3. The smallest absolute Gasteiger partial charge is 0.146 e. The zero-order chi connectivity index (χ0) is 22.8. The van der Waals surface area contributed by atoms with Crippen LogP contribution in [-0.4, -0.2) is 65.4 Å². The first-order valence-corrected chi connectivity index (χ1v) is 14.1. The highest BCUT2D eigenvalue weighted by molar-refractivity contribution is 8.32. The highest BCUT2D eigenvalue weighted by Gasteiger charge is 2.28. The molecule has 1 aliphatic heterocycles. The Balaban J connectivity index is 0.00000306. The lowest BCUT2D eigenvalue weighted by molar-refractivity contribution is 0.0950. The normalized spacial score (nSPS) is 16.8. The van der Waals surface area contributed by atoms with Crippen molar-refractivity contribution < 1.29 is 10.9 Å². The fourth-order valence-corrected chi connectivity index (χ4v) is 4.69. The number of hydrogen-bond donors (Lipinski definition) is 1. The first kappa shape index (κ1) is 22.8. The molecule has 3 aromatic heterocycles. The highest BCUT2D eigenvalue weighted by atomic mass is 32.3. The predicted octanol–water partition coefficient (Wildman–Crippen LogP) is 4.14. The predicted molar refractivity (Wildman–Crippen MR) is 134 cm³/mol. The van der Waals surface area contributed by atoms with Crippen molar-refractivity contribution in [1.82, 2.24) is 19.9 Å². The second kappa shape index (κ2) is 9.26. The quantitative estimate of drug-likeness (QED) is 0.512. The van der Waals surface area contributed by atoms with Gasteiger partial charge in [-0.25, -0.2) is 20.0 Å². The molecule has 8 heteroatoms. The molecule has 7 nitrogen and oxygen atoms in total. The lowest BCUT2D eigenvalue weighted by atomic mass is 9.82. The summed E-state index contributed by atoms with van der Waals surface area (Å²) in [6.07, 6.45) is 12.6. The summed E-state index contributed by atoms with van der Waals surface area (Å²) in [4.78, 5) is 8.96. The lowest BCUT2D eigenvalue weighted by Gasteiger charge is -2.33. The minimum Gasteiger partial charge on any atom is -0.492 e. The van der Waals surface area contributed by atoms with Crippen molar-refractivity contribution in [2.24, 2.45) is 5.41 Å². The van der Waals surface area contributed by atoms with Gasteiger partial charge in [-0.15, -0.1) is 0 Å². The standard InChI is InChI=1S/C24H33N5O2S.H2/c1-24(6-9-26-10-7-24)16-31-21-5-8-27-23-22(21)19-13-18(14-25)28-15-20(19)29(23)17-30-11-12-32(2,3)4;/h5,8,13,15,26H,6-7,9-12,16-17H2,1-4H3;1H. The maximum absolute atomic E-state index is 9.41. The Morgan fingerprint density at radius 2 is 2.06 bits per heavy atom. The van der Waals surface area contributed by atoms with Crippen LogP contribution in [-0.2, 0) is 11.5 Å². The minimum absolute atomic E-state index is 0. The van der Waals surface area contributed by atoms with Gasteiger partial charge in [-0.3, -0.25) is 4.57 Å². The van der Waals surface area contributed by atoms with Crippen LogP contribution in [0.2, 0.25) is 0 Å². The third-order valence-corrected chi connectivity index (χ3v) is 7.54. The summed E-state index contributed by atoms with van der Waals surface area (Å²) >= 11 is 0. The van der Waals surface area contributed by atoms with Gasteiger partial charge in [0.25, 0.3) is 0 Å². The molecule has 0 unspecified atom stereocenters. The Labute approximate surface area is 192 Å². The molecule has 0 saturated carbocycles. The van der Waals surface area contributed by atoms with E-state index in [-0.39, 0.29) is 6.84 Å². The second-order valence-electron chi connectivity index (χ2n) is 9.82. The molecule has 1 N–H and O–H groups in total. The molecule has 0 bridgehead atoms. The summed E-state index contributed by atoms with van der Waals surface area (Å²) in [6, 6.07) is 5.91. The largest absolute Gasteiger partial charge is 0.492 e. The van der Waals surface area contributed by atoms with Gasteiger partial charge >= 0.3 is 0 Å². The van der Waals surface area contributed by atoms with Crippen LogP contribution in [0.15, 0.2) is 24.5 Å². The van der Waals surface area contributed by atoms with Gasteiger partial charge in [-0.2, -0.15) is 5.26 Å². The molecule has 0 radical (unpaired) electrons. The van der Waals surface area contributed by atoms with Gasteiger partial charge in [-0.1, -0.05) is 6.92 Å². The number of piperidine rings is 1. The van der Waals surface area contributed by atoms with Crippen molar-refractivity contribution in [1.29, 1.82) is 5.26 Å². The number of nitrogens with one attached hydrogen (secondary N) is 1. The van der Waals surface area contributed by atoms with Crippen molar-refractivity contribution >= 4 is 32.0 Å². The number of aromatic nitrogens is 3. The zero-order valence-electron chi connectivity index (χ0n) is 19.5. The van der Waals surface area contributed by atoms with Gasteiger partial charge < -0.3 is 14.8 Å². The molecule has 174 valence electrons. The highest BCUT2D eigenvalue weighted by Crippen LogP contribution is 2.37. The van der Waals surface area contributed by atoms with Crippen molar-refractivity contribution in [2.45, 2.75) is 26.5 Å². The Morgan fingerprint density at radius 1 is 1.28 bits per heavy atom. The molecule has 0 aromatic carbocycles. The average molecular weight is 458 g/mol. The fourth-order valence-electron chi connectivity index (χ4n) is 4.07. The summed E-state index contributed by atoms with van der Waals surface area (Å²) in [5.74, 6) is 1.85. The van der Waals surface area contributed by atoms with Gasteiger partial charge in [0.2, 0.25) is 0 Å². The van der Waals surface area contributed by atoms with E-state index in [1.54, 1.807) is 12.4 Å². The number of rotatable bonds is 8. The lowest BCUT2D eigenvalue weighted by Crippen LogP contribution is -2.38. The molecular weight excluding hydrogens is 422 g/mol. The van der Waals surface area contributed by atoms with Gasteiger partial charge in [0, 0.05) is 24.2 Å². The first-order valence-electron chi connectivity index (χ1n) is 11.0. The molecule has 3 aromatic rings. The number of nitriles is 1. The summed E-state index contributed by atoms with van der Waals surface area (Å²) in [7, 11) is -0.613. The average Bonchev–Trinajstić information content (AvgIpc) is 3.08. The molecule has 0 aliphatic carbocycles. The van der Waals surface area contributed by atoms with Crippen molar-refractivity contribution in [3.63, 3.8) is 0 Å². The van der Waals surface area contributed by atoms with Gasteiger partial charge in [0.15, 0.2) is 0 Å². The molecule has 0 atom stereocenters. The maximum Gasteiger partial charge on any atom is 0.146 e. The molecule has 1 fully saturated rings. The Morgan fingerprint density at radius 3 is 2.78 bits per heavy atom. The third-order valence-electron chi connectivity index (χ3n) is 6.15. The molecule has 4 rings (SSSR count). The summed E-state index contributed by atoms with van der Waals surface area (Å²) < 4.78 is 14.5. The summed E-state index contributed by atoms with van der Waals surface area (Å²) in [5, 5.41) is 14.7. The summed E-state index contributed by atoms with van der Waals surface area (Å²) in [5.41, 5.74) is 2.23. The third kappa shape index (κ3) is 5.01. The number of hydrogen-bond acceptors (Lipinski definition) is 6. The number of ether oxygens (including phenoxy) is 2. The van der Waals surface area contributed by atoms with Crippen molar-refractivity contribution in [3.8, 4) is 11.8 Å². The number of nitrogens with zero attached hydrogens (tertiary/aromatic N) is 4. The molecule has 1 saturated heterocycles. The van der Waals surface area contributed by atoms with Crippen LogP contribution in [0.4, 0.5) is 0 Å². The van der Waals surface area contributed by atoms with Crippen LogP contribution in [0.1, 0.15) is 26.9 Å². The molecule has 4 heterocycles. The van der Waals surface area contributed by atoms with E-state index in [0.29, 0.717) is 25.6 Å². The van der Waals surface area contributed by atoms with Crippen LogP contribution in [0.5, 0.6) is 5.75 Å². The van der Waals surface area contributed by atoms with Crippen LogP contribution in [0.3, 0.4) is 0 Å². The SMILES string of the molecule is CC1(COc2ccnc3c2c2cc(C#N)ncc2n3COCCS(C)(C)C)CCNCC1.[HH]. The molecule has 0 amide bonds. The van der Waals surface area contributed by atoms with E-state index in [1.165, 1.54) is 0 Å². The second-order valence-corrected chi connectivity index (χ2v) is 14.4. The fraction of sp³-hybridized carbons (Fsp3) is 0.542. The van der Waals surface area contributed by atoms with Gasteiger partial charge in [-0.05, 0) is 56.8 Å². The number of pyridine rings is 2. The van der Waals surface area contributed by atoms with E-state index < -0.39 is 10.0 Å². The molecular formula is C24H35N5O2S. The molecule has 1 aliphatic rings. The van der Waals surface area contributed by atoms with Gasteiger partial charge in [0.05, 0.1) is 30.3 Å². The van der Waals surface area contributed by atoms with E-state index in [9.17, 15) is 5.26 Å².